The molecule has 4 aliphatic carbocycles. The van der Waals surface area contributed by atoms with Crippen LogP contribution in [0.4, 0.5) is 4.79 Å². The molecule has 0 spiro atoms. The minimum absolute atomic E-state index is 0.0908. The van der Waals surface area contributed by atoms with Gasteiger partial charge in [-0.1, -0.05) is 5.16 Å². The fraction of sp³-hybridized carbons (Fsp3) is 0.750. The molecule has 1 aromatic rings. The average molecular weight is 374 g/mol. The van der Waals surface area contributed by atoms with Crippen LogP contribution in [0.2, 0.25) is 0 Å². The fourth-order valence-corrected chi connectivity index (χ4v) is 5.84. The van der Waals surface area contributed by atoms with Crippen molar-refractivity contribution in [2.75, 3.05) is 7.05 Å². The molecular weight excluding hydrogens is 344 g/mol. The zero-order valence-electron chi connectivity index (χ0n) is 16.5. The van der Waals surface area contributed by atoms with Gasteiger partial charge < -0.3 is 9.84 Å². The van der Waals surface area contributed by atoms with Crippen LogP contribution in [-0.4, -0.2) is 40.6 Å². The highest BCUT2D eigenvalue weighted by Crippen LogP contribution is 2.55. The van der Waals surface area contributed by atoms with Crippen molar-refractivity contribution < 1.29 is 14.1 Å². The third-order valence-electron chi connectivity index (χ3n) is 6.78. The summed E-state index contributed by atoms with van der Waals surface area (Å²) in [6.45, 7) is 4.12. The molecule has 5 rings (SSSR count). The second-order valence-electron chi connectivity index (χ2n) is 9.16. The molecule has 1 aromatic heterocycles. The topological polar surface area (TPSA) is 87.5 Å². The van der Waals surface area contributed by atoms with Gasteiger partial charge in [-0.2, -0.15) is 0 Å². The van der Waals surface area contributed by atoms with Gasteiger partial charge in [-0.15, -0.1) is 0 Å². The van der Waals surface area contributed by atoms with Crippen LogP contribution in [0.1, 0.15) is 56.9 Å². The lowest BCUT2D eigenvalue weighted by Crippen LogP contribution is -2.62. The van der Waals surface area contributed by atoms with Crippen molar-refractivity contribution in [2.24, 2.45) is 17.8 Å². The Bertz CT molecular complexity index is 693. The van der Waals surface area contributed by atoms with Crippen LogP contribution in [0.25, 0.3) is 0 Å². The third-order valence-corrected chi connectivity index (χ3v) is 6.78. The first-order valence-corrected chi connectivity index (χ1v) is 10.1. The van der Waals surface area contributed by atoms with Crippen molar-refractivity contribution in [3.63, 3.8) is 0 Å². The van der Waals surface area contributed by atoms with E-state index < -0.39 is 6.04 Å². The molecule has 7 nitrogen and oxygen atoms in total. The molecule has 148 valence electrons. The summed E-state index contributed by atoms with van der Waals surface area (Å²) >= 11 is 0. The van der Waals surface area contributed by atoms with Crippen LogP contribution < -0.4 is 10.6 Å². The van der Waals surface area contributed by atoms with Crippen LogP contribution in [0.15, 0.2) is 10.6 Å². The number of hydrogen-bond donors (Lipinski definition) is 2. The molecule has 3 amide bonds. The summed E-state index contributed by atoms with van der Waals surface area (Å²) in [4.78, 5) is 26.9. The lowest BCUT2D eigenvalue weighted by atomic mass is 9.53. The Kier molecular flexibility index (Phi) is 4.74. The largest absolute Gasteiger partial charge is 0.361 e. The highest BCUT2D eigenvalue weighted by Gasteiger charge is 2.51. The molecule has 4 aliphatic rings. The Labute approximate surface area is 160 Å². The molecule has 1 heterocycles. The fourth-order valence-electron chi connectivity index (χ4n) is 5.84. The Balaban J connectivity index is 1.30. The van der Waals surface area contributed by atoms with Gasteiger partial charge in [0.1, 0.15) is 5.76 Å². The number of likely N-dealkylation sites (N-methyl/N-ethyl adjacent to an activating group) is 1. The molecule has 1 atom stereocenters. The van der Waals surface area contributed by atoms with Gasteiger partial charge in [0.05, 0.1) is 11.7 Å². The van der Waals surface area contributed by atoms with Gasteiger partial charge >= 0.3 is 6.03 Å². The van der Waals surface area contributed by atoms with Crippen LogP contribution in [0, 0.1) is 24.7 Å². The van der Waals surface area contributed by atoms with Gasteiger partial charge in [-0.05, 0) is 77.2 Å². The Morgan fingerprint density at radius 2 is 1.85 bits per heavy atom. The Morgan fingerprint density at radius 1 is 1.26 bits per heavy atom. The predicted molar refractivity (Wildman–Crippen MR) is 99.7 cm³/mol. The van der Waals surface area contributed by atoms with E-state index in [-0.39, 0.29) is 17.5 Å². The molecule has 0 radical (unpaired) electrons. The summed E-state index contributed by atoms with van der Waals surface area (Å²) in [6, 6.07) is 1.06. The number of hydrogen-bond acceptors (Lipinski definition) is 5. The van der Waals surface area contributed by atoms with E-state index in [1.54, 1.807) is 6.92 Å². The lowest BCUT2D eigenvalue weighted by Gasteiger charge is -2.56. The molecule has 27 heavy (non-hydrogen) atoms. The summed E-state index contributed by atoms with van der Waals surface area (Å²) in [5, 5.41) is 9.69. The standard InChI is InChI=1S/C20H30N4O3/c1-12-4-17(23-27-12)11-24(3)13(2)18(25)21-19(26)22-20-8-14-5-15(9-20)7-16(6-14)10-20/h4,13-16H,5-11H2,1-3H3,(H2,21,22,25,26). The van der Waals surface area contributed by atoms with Crippen molar-refractivity contribution in [3.05, 3.63) is 17.5 Å². The Morgan fingerprint density at radius 3 is 2.37 bits per heavy atom. The maximum absolute atomic E-state index is 12.5. The molecule has 0 aliphatic heterocycles. The average Bonchev–Trinajstić information content (AvgIpc) is 2.96. The molecule has 4 bridgehead atoms. The zero-order chi connectivity index (χ0) is 19.2. The second-order valence-corrected chi connectivity index (χ2v) is 9.16. The second kappa shape index (κ2) is 6.93. The summed E-state index contributed by atoms with van der Waals surface area (Å²) in [6.07, 6.45) is 7.19. The number of rotatable bonds is 5. The van der Waals surface area contributed by atoms with Crippen LogP contribution in [0.5, 0.6) is 0 Å². The zero-order valence-corrected chi connectivity index (χ0v) is 16.5. The van der Waals surface area contributed by atoms with Gasteiger partial charge in [-0.3, -0.25) is 15.0 Å². The van der Waals surface area contributed by atoms with E-state index in [0.717, 1.165) is 48.5 Å². The number of imide groups is 1. The predicted octanol–water partition coefficient (Wildman–Crippen LogP) is 2.60. The number of carbonyl (C=O) groups excluding carboxylic acids is 2. The lowest BCUT2D eigenvalue weighted by molar-refractivity contribution is -0.124. The van der Waals surface area contributed by atoms with Gasteiger partial charge in [0.2, 0.25) is 5.91 Å². The molecule has 0 saturated heterocycles. The van der Waals surface area contributed by atoms with Gasteiger partial charge in [0.25, 0.3) is 0 Å². The van der Waals surface area contributed by atoms with Crippen LogP contribution in [-0.2, 0) is 11.3 Å². The van der Waals surface area contributed by atoms with Crippen molar-refractivity contribution in [2.45, 2.75) is 70.5 Å². The van der Waals surface area contributed by atoms with Crippen molar-refractivity contribution in [3.8, 4) is 0 Å². The van der Waals surface area contributed by atoms with E-state index in [1.807, 2.05) is 24.9 Å². The molecule has 4 saturated carbocycles. The number of aryl methyl sites for hydroxylation is 1. The first-order valence-electron chi connectivity index (χ1n) is 10.1. The van der Waals surface area contributed by atoms with E-state index in [0.29, 0.717) is 6.54 Å². The van der Waals surface area contributed by atoms with Crippen LogP contribution in [0.3, 0.4) is 0 Å². The SMILES string of the molecule is Cc1cc(CN(C)C(C)C(=O)NC(=O)NC23CC4CC(CC(C4)C2)C3)no1. The molecule has 7 heteroatoms. The highest BCUT2D eigenvalue weighted by molar-refractivity contribution is 5.97. The van der Waals surface area contributed by atoms with E-state index in [9.17, 15) is 9.59 Å². The molecular formula is C20H30N4O3. The smallest absolute Gasteiger partial charge is 0.321 e. The number of carbonyl (C=O) groups is 2. The van der Waals surface area contributed by atoms with Crippen LogP contribution >= 0.6 is 0 Å². The van der Waals surface area contributed by atoms with E-state index in [1.165, 1.54) is 19.3 Å². The maximum Gasteiger partial charge on any atom is 0.321 e. The third kappa shape index (κ3) is 3.88. The quantitative estimate of drug-likeness (QED) is 0.827. The van der Waals surface area contributed by atoms with Gasteiger partial charge in [-0.25, -0.2) is 4.79 Å². The monoisotopic (exact) mass is 374 g/mol. The normalized spacial score (nSPS) is 32.5. The molecule has 1 unspecified atom stereocenters. The number of amides is 3. The molecule has 0 aromatic carbocycles. The van der Waals surface area contributed by atoms with Crippen molar-refractivity contribution in [1.29, 1.82) is 0 Å². The van der Waals surface area contributed by atoms with Crippen molar-refractivity contribution >= 4 is 11.9 Å². The number of aromatic nitrogens is 1. The van der Waals surface area contributed by atoms with Gasteiger partial charge in [0.15, 0.2) is 0 Å². The number of nitrogens with one attached hydrogen (secondary N) is 2. The summed E-state index contributed by atoms with van der Waals surface area (Å²) in [5.41, 5.74) is 0.680. The first kappa shape index (κ1) is 18.5. The van der Waals surface area contributed by atoms with Gasteiger partial charge in [0, 0.05) is 18.2 Å². The van der Waals surface area contributed by atoms with Crippen molar-refractivity contribution in [1.82, 2.24) is 20.7 Å². The van der Waals surface area contributed by atoms with E-state index in [2.05, 4.69) is 15.8 Å². The minimum atomic E-state index is -0.441. The molecule has 4 fully saturated rings. The maximum atomic E-state index is 12.5. The summed E-state index contributed by atoms with van der Waals surface area (Å²) in [7, 11) is 1.84. The summed E-state index contributed by atoms with van der Waals surface area (Å²) in [5.74, 6) is 2.71. The number of urea groups is 1. The van der Waals surface area contributed by atoms with E-state index in [4.69, 9.17) is 4.52 Å². The highest BCUT2D eigenvalue weighted by atomic mass is 16.5. The first-order chi connectivity index (χ1) is 12.8. The van der Waals surface area contributed by atoms with E-state index >= 15 is 0 Å². The Hall–Kier alpha value is -1.89. The minimum Gasteiger partial charge on any atom is -0.361 e. The number of nitrogens with zero attached hydrogens (tertiary/aromatic N) is 2. The summed E-state index contributed by atoms with van der Waals surface area (Å²) < 4.78 is 5.06. The molecule has 2 N–H and O–H groups in total.